The van der Waals surface area contributed by atoms with Crippen LogP contribution in [0.15, 0.2) is 35.7 Å². The molecule has 2 heterocycles. The predicted molar refractivity (Wildman–Crippen MR) is 107 cm³/mol. The van der Waals surface area contributed by atoms with Crippen molar-refractivity contribution in [3.8, 4) is 5.75 Å². The first-order valence-corrected chi connectivity index (χ1v) is 10.3. The van der Waals surface area contributed by atoms with E-state index in [2.05, 4.69) is 11.0 Å². The lowest BCUT2D eigenvalue weighted by atomic mass is 9.84. The minimum Gasteiger partial charge on any atom is -0.495 e. The van der Waals surface area contributed by atoms with Crippen molar-refractivity contribution in [3.05, 3.63) is 46.2 Å². The number of anilines is 1. The summed E-state index contributed by atoms with van der Waals surface area (Å²) in [7, 11) is 1.68. The van der Waals surface area contributed by atoms with Crippen LogP contribution in [0.25, 0.3) is 0 Å². The Morgan fingerprint density at radius 1 is 1.19 bits per heavy atom. The van der Waals surface area contributed by atoms with Crippen molar-refractivity contribution in [2.24, 2.45) is 5.92 Å². The Balaban J connectivity index is 1.35. The first kappa shape index (κ1) is 18.0. The first-order chi connectivity index (χ1) is 13.2. The quantitative estimate of drug-likeness (QED) is 0.812. The largest absolute Gasteiger partial charge is 0.495 e. The van der Waals surface area contributed by atoms with Gasteiger partial charge in [0.05, 0.1) is 12.8 Å². The van der Waals surface area contributed by atoms with Gasteiger partial charge in [0.15, 0.2) is 5.78 Å². The molecule has 1 amide bonds. The number of Topliss-reactive ketones (excluding diaryl/α,β-unsaturated/α-hetero) is 1. The number of ketones is 1. The molecule has 1 aromatic carbocycles. The fraction of sp³-hybridized carbons (Fsp3) is 0.429. The van der Waals surface area contributed by atoms with Gasteiger partial charge in [-0.15, -0.1) is 11.3 Å². The number of hydrogen-bond acceptors (Lipinski definition) is 5. The van der Waals surface area contributed by atoms with Crippen LogP contribution in [0.3, 0.4) is 0 Å². The molecule has 2 aromatic rings. The van der Waals surface area contributed by atoms with E-state index in [9.17, 15) is 9.59 Å². The van der Waals surface area contributed by atoms with Gasteiger partial charge in [0.25, 0.3) is 0 Å². The second-order valence-corrected chi connectivity index (χ2v) is 8.10. The third-order valence-corrected chi connectivity index (χ3v) is 6.56. The number of amides is 1. The van der Waals surface area contributed by atoms with Crippen molar-refractivity contribution in [2.45, 2.75) is 19.3 Å². The molecule has 6 heteroatoms. The molecule has 1 aliphatic carbocycles. The number of thiophene rings is 1. The molecule has 1 unspecified atom stereocenters. The summed E-state index contributed by atoms with van der Waals surface area (Å²) in [4.78, 5) is 30.7. The van der Waals surface area contributed by atoms with Gasteiger partial charge >= 0.3 is 0 Å². The van der Waals surface area contributed by atoms with Gasteiger partial charge in [-0.3, -0.25) is 9.59 Å². The molecule has 2 aliphatic rings. The van der Waals surface area contributed by atoms with Crippen LogP contribution in [0.4, 0.5) is 5.69 Å². The maximum atomic E-state index is 12.8. The Morgan fingerprint density at radius 2 is 1.96 bits per heavy atom. The van der Waals surface area contributed by atoms with Crippen molar-refractivity contribution < 1.29 is 14.3 Å². The maximum Gasteiger partial charge on any atom is 0.223 e. The lowest BCUT2D eigenvalue weighted by Gasteiger charge is -2.37. The lowest BCUT2D eigenvalue weighted by molar-refractivity contribution is -0.132. The molecule has 1 atom stereocenters. The highest BCUT2D eigenvalue weighted by molar-refractivity contribution is 7.10. The number of para-hydroxylation sites is 2. The zero-order valence-corrected chi connectivity index (χ0v) is 16.3. The van der Waals surface area contributed by atoms with Gasteiger partial charge in [0, 0.05) is 49.0 Å². The highest BCUT2D eigenvalue weighted by Gasteiger charge is 2.32. The average molecular weight is 385 g/mol. The molecule has 0 bridgehead atoms. The highest BCUT2D eigenvalue weighted by atomic mass is 32.1. The minimum atomic E-state index is -0.160. The molecule has 0 N–H and O–H groups in total. The van der Waals surface area contributed by atoms with Crippen molar-refractivity contribution in [2.75, 3.05) is 38.2 Å². The van der Waals surface area contributed by atoms with Crippen LogP contribution in [0.5, 0.6) is 5.75 Å². The van der Waals surface area contributed by atoms with Crippen LogP contribution < -0.4 is 9.64 Å². The van der Waals surface area contributed by atoms with Crippen LogP contribution in [-0.4, -0.2) is 49.9 Å². The second-order valence-electron chi connectivity index (χ2n) is 7.10. The van der Waals surface area contributed by atoms with E-state index in [0.29, 0.717) is 19.5 Å². The van der Waals surface area contributed by atoms with E-state index in [4.69, 9.17) is 4.74 Å². The fourth-order valence-corrected chi connectivity index (χ4v) is 4.93. The van der Waals surface area contributed by atoms with Crippen molar-refractivity contribution in [3.63, 3.8) is 0 Å². The summed E-state index contributed by atoms with van der Waals surface area (Å²) in [6.07, 6.45) is 2.04. The van der Waals surface area contributed by atoms with Crippen molar-refractivity contribution >= 4 is 28.7 Å². The Hall–Kier alpha value is -2.34. The highest BCUT2D eigenvalue weighted by Crippen LogP contribution is 2.32. The molecule has 1 fully saturated rings. The summed E-state index contributed by atoms with van der Waals surface area (Å²) in [5.41, 5.74) is 1.91. The molecule has 1 aromatic heterocycles. The number of carbonyl (C=O) groups excluding carboxylic acids is 2. The second kappa shape index (κ2) is 7.72. The molecule has 1 aliphatic heterocycles. The fourth-order valence-electron chi connectivity index (χ4n) is 4.03. The molecule has 0 saturated carbocycles. The number of fused-ring (bicyclic) bond motifs is 1. The minimum absolute atomic E-state index is 0.103. The summed E-state index contributed by atoms with van der Waals surface area (Å²) >= 11 is 1.65. The molecule has 5 nitrogen and oxygen atoms in total. The standard InChI is InChI=1S/C21H24N2O3S/c1-26-18-5-3-2-4-17(18)22-9-11-23(12-10-22)20(24)14-15-6-7-19-16(21(15)25)8-13-27-19/h2-5,8,13,15H,6-7,9-12,14H2,1H3. The number of carbonyl (C=O) groups is 2. The molecular weight excluding hydrogens is 360 g/mol. The summed E-state index contributed by atoms with van der Waals surface area (Å²) in [6, 6.07) is 9.88. The summed E-state index contributed by atoms with van der Waals surface area (Å²) in [6.45, 7) is 2.92. The van der Waals surface area contributed by atoms with E-state index in [1.807, 2.05) is 34.5 Å². The predicted octanol–water partition coefficient (Wildman–Crippen LogP) is 3.24. The zero-order valence-electron chi connectivity index (χ0n) is 15.5. The number of aryl methyl sites for hydroxylation is 1. The molecule has 4 rings (SSSR count). The van der Waals surface area contributed by atoms with Gasteiger partial charge < -0.3 is 14.5 Å². The molecule has 142 valence electrons. The number of methoxy groups -OCH3 is 1. The van der Waals surface area contributed by atoms with Gasteiger partial charge in [0.1, 0.15) is 5.75 Å². The van der Waals surface area contributed by atoms with E-state index in [1.54, 1.807) is 18.4 Å². The monoisotopic (exact) mass is 384 g/mol. The van der Waals surface area contributed by atoms with Gasteiger partial charge in [-0.05, 0) is 36.4 Å². The molecule has 27 heavy (non-hydrogen) atoms. The van der Waals surface area contributed by atoms with E-state index in [-0.39, 0.29) is 17.6 Å². The molecular formula is C21H24N2O3S. The molecule has 0 radical (unpaired) electrons. The van der Waals surface area contributed by atoms with Crippen molar-refractivity contribution in [1.29, 1.82) is 0 Å². The average Bonchev–Trinajstić information content (AvgIpc) is 3.20. The Kier molecular flexibility index (Phi) is 5.16. The number of nitrogens with zero attached hydrogens (tertiary/aromatic N) is 2. The number of rotatable bonds is 4. The zero-order chi connectivity index (χ0) is 18.8. The number of piperazine rings is 1. The van der Waals surface area contributed by atoms with Crippen LogP contribution in [-0.2, 0) is 11.2 Å². The van der Waals surface area contributed by atoms with E-state index in [0.717, 1.165) is 42.9 Å². The normalized spacial score (nSPS) is 19.7. The smallest absolute Gasteiger partial charge is 0.223 e. The van der Waals surface area contributed by atoms with E-state index >= 15 is 0 Å². The van der Waals surface area contributed by atoms with Gasteiger partial charge in [-0.1, -0.05) is 12.1 Å². The topological polar surface area (TPSA) is 49.9 Å². The van der Waals surface area contributed by atoms with E-state index in [1.165, 1.54) is 4.88 Å². The van der Waals surface area contributed by atoms with Gasteiger partial charge in [-0.25, -0.2) is 0 Å². The third-order valence-electron chi connectivity index (χ3n) is 5.58. The van der Waals surface area contributed by atoms with Crippen molar-refractivity contribution in [1.82, 2.24) is 4.90 Å². The van der Waals surface area contributed by atoms with Gasteiger partial charge in [0.2, 0.25) is 5.91 Å². The van der Waals surface area contributed by atoms with Crippen LogP contribution in [0, 0.1) is 5.92 Å². The third kappa shape index (κ3) is 3.58. The summed E-state index contributed by atoms with van der Waals surface area (Å²) < 4.78 is 5.45. The summed E-state index contributed by atoms with van der Waals surface area (Å²) in [5.74, 6) is 0.953. The SMILES string of the molecule is COc1ccccc1N1CCN(C(=O)CC2CCc3sccc3C2=O)CC1. The number of hydrogen-bond donors (Lipinski definition) is 0. The maximum absolute atomic E-state index is 12.8. The molecule has 1 saturated heterocycles. The first-order valence-electron chi connectivity index (χ1n) is 9.43. The lowest BCUT2D eigenvalue weighted by Crippen LogP contribution is -2.49. The number of ether oxygens (including phenoxy) is 1. The van der Waals surface area contributed by atoms with Crippen LogP contribution in [0.2, 0.25) is 0 Å². The van der Waals surface area contributed by atoms with Gasteiger partial charge in [-0.2, -0.15) is 0 Å². The summed E-state index contributed by atoms with van der Waals surface area (Å²) in [5, 5.41) is 1.98. The Labute approximate surface area is 163 Å². The Morgan fingerprint density at radius 3 is 2.74 bits per heavy atom. The molecule has 0 spiro atoms. The number of benzene rings is 1. The van der Waals surface area contributed by atoms with Crippen LogP contribution >= 0.6 is 11.3 Å². The van der Waals surface area contributed by atoms with Crippen LogP contribution in [0.1, 0.15) is 28.1 Å². The Bertz CT molecular complexity index is 839. The van der Waals surface area contributed by atoms with E-state index < -0.39 is 0 Å².